The van der Waals surface area contributed by atoms with Crippen molar-refractivity contribution in [2.24, 2.45) is 0 Å². The normalized spacial score (nSPS) is 13.6. The summed E-state index contributed by atoms with van der Waals surface area (Å²) in [5.74, 6) is -0.809. The highest BCUT2D eigenvalue weighted by atomic mass is 35.5. The average molecular weight is 427 g/mol. The molecule has 0 saturated carbocycles. The predicted octanol–water partition coefficient (Wildman–Crippen LogP) is 2.22. The van der Waals surface area contributed by atoms with Gasteiger partial charge in [-0.15, -0.1) is 0 Å². The molecule has 154 valence electrons. The minimum atomic E-state index is -0.687. The Bertz CT molecular complexity index is 1260. The zero-order chi connectivity index (χ0) is 21.3. The smallest absolute Gasteiger partial charge is 0.329 e. The number of para-hydroxylation sites is 1. The maximum absolute atomic E-state index is 12.8. The van der Waals surface area contributed by atoms with Crippen molar-refractivity contribution < 1.29 is 9.59 Å². The third-order valence-corrected chi connectivity index (χ3v) is 5.31. The van der Waals surface area contributed by atoms with Crippen LogP contribution in [0.2, 0.25) is 5.02 Å². The monoisotopic (exact) mass is 426 g/mol. The lowest BCUT2D eigenvalue weighted by atomic mass is 10.1. The molecule has 8 nitrogen and oxygen atoms in total. The zero-order valence-electron chi connectivity index (χ0n) is 16.0. The molecule has 1 saturated heterocycles. The number of rotatable bonds is 4. The summed E-state index contributed by atoms with van der Waals surface area (Å²) in [6, 6.07) is 11.2. The number of carbonyl (C=O) groups excluding carboxylic acids is 2. The number of likely N-dealkylation sites (tertiary alicyclic amines) is 1. The molecule has 0 bridgehead atoms. The number of nitrogens with one attached hydrogen (secondary N) is 2. The molecule has 9 heteroatoms. The first-order valence-electron chi connectivity index (χ1n) is 9.54. The fourth-order valence-electron chi connectivity index (χ4n) is 3.57. The topological polar surface area (TPSA) is 104 Å². The van der Waals surface area contributed by atoms with Crippen LogP contribution in [0.1, 0.15) is 23.2 Å². The molecular weight excluding hydrogens is 408 g/mol. The van der Waals surface area contributed by atoms with Gasteiger partial charge in [-0.3, -0.25) is 19.0 Å². The molecule has 0 unspecified atom stereocenters. The lowest BCUT2D eigenvalue weighted by molar-refractivity contribution is -0.116. The second-order valence-corrected chi connectivity index (χ2v) is 7.54. The van der Waals surface area contributed by atoms with Gasteiger partial charge in [-0.05, 0) is 43.2 Å². The van der Waals surface area contributed by atoms with Crippen molar-refractivity contribution in [1.29, 1.82) is 0 Å². The predicted molar refractivity (Wildman–Crippen MR) is 114 cm³/mol. The van der Waals surface area contributed by atoms with Crippen molar-refractivity contribution in [2.45, 2.75) is 19.4 Å². The van der Waals surface area contributed by atoms with Gasteiger partial charge in [0.05, 0.1) is 22.2 Å². The van der Waals surface area contributed by atoms with Crippen molar-refractivity contribution >= 4 is 40.0 Å². The Balaban J connectivity index is 1.61. The largest absolute Gasteiger partial charge is 0.339 e. The Kier molecular flexibility index (Phi) is 5.41. The van der Waals surface area contributed by atoms with Crippen LogP contribution in [0.4, 0.5) is 5.69 Å². The average Bonchev–Trinajstić information content (AvgIpc) is 3.26. The molecule has 1 aliphatic rings. The summed E-state index contributed by atoms with van der Waals surface area (Å²) >= 11 is 6.05. The zero-order valence-corrected chi connectivity index (χ0v) is 16.7. The van der Waals surface area contributed by atoms with Gasteiger partial charge < -0.3 is 15.2 Å². The number of aromatic amines is 1. The number of amides is 2. The molecular formula is C21H19ClN4O4. The molecule has 0 spiro atoms. The Morgan fingerprint density at radius 2 is 1.80 bits per heavy atom. The van der Waals surface area contributed by atoms with E-state index >= 15 is 0 Å². The van der Waals surface area contributed by atoms with Crippen LogP contribution in [0.3, 0.4) is 0 Å². The van der Waals surface area contributed by atoms with Crippen LogP contribution >= 0.6 is 11.6 Å². The number of halogens is 1. The summed E-state index contributed by atoms with van der Waals surface area (Å²) in [5.41, 5.74) is -0.293. The molecule has 0 aliphatic carbocycles. The fraction of sp³-hybridized carbons (Fsp3) is 0.238. The van der Waals surface area contributed by atoms with Gasteiger partial charge in [-0.25, -0.2) is 4.79 Å². The van der Waals surface area contributed by atoms with E-state index in [0.29, 0.717) is 34.6 Å². The third kappa shape index (κ3) is 3.86. The van der Waals surface area contributed by atoms with Crippen LogP contribution in [0.25, 0.3) is 10.9 Å². The second-order valence-electron chi connectivity index (χ2n) is 7.10. The number of fused-ring (bicyclic) bond motifs is 1. The van der Waals surface area contributed by atoms with Gasteiger partial charge in [0.15, 0.2) is 0 Å². The lowest BCUT2D eigenvalue weighted by Gasteiger charge is -2.18. The summed E-state index contributed by atoms with van der Waals surface area (Å²) in [5, 5.41) is 3.28. The minimum Gasteiger partial charge on any atom is -0.339 e. The van der Waals surface area contributed by atoms with Gasteiger partial charge in [0.2, 0.25) is 5.91 Å². The number of benzene rings is 2. The molecule has 2 aromatic carbocycles. The van der Waals surface area contributed by atoms with Gasteiger partial charge in [-0.2, -0.15) is 0 Å². The summed E-state index contributed by atoms with van der Waals surface area (Å²) in [4.78, 5) is 54.7. The molecule has 2 N–H and O–H groups in total. The van der Waals surface area contributed by atoms with Crippen LogP contribution in [0, 0.1) is 0 Å². The van der Waals surface area contributed by atoms with E-state index in [-0.39, 0.29) is 11.6 Å². The Labute approximate surface area is 176 Å². The van der Waals surface area contributed by atoms with E-state index in [1.54, 1.807) is 41.3 Å². The molecule has 2 heterocycles. The van der Waals surface area contributed by atoms with E-state index in [0.717, 1.165) is 17.4 Å². The quantitative estimate of drug-likeness (QED) is 0.667. The highest BCUT2D eigenvalue weighted by Crippen LogP contribution is 2.24. The first-order valence-corrected chi connectivity index (χ1v) is 9.92. The molecule has 3 aromatic rings. The molecule has 1 aliphatic heterocycles. The van der Waals surface area contributed by atoms with E-state index < -0.39 is 23.7 Å². The van der Waals surface area contributed by atoms with E-state index in [9.17, 15) is 19.2 Å². The Morgan fingerprint density at radius 3 is 2.57 bits per heavy atom. The lowest BCUT2D eigenvalue weighted by Crippen LogP contribution is -2.39. The number of nitrogens with zero attached hydrogens (tertiary/aromatic N) is 2. The second kappa shape index (κ2) is 8.16. The number of carbonyl (C=O) groups is 2. The molecule has 1 fully saturated rings. The standard InChI is InChI=1S/C21H19ClN4O4/c22-13-7-8-15(19(28)25-9-3-4-10-25)17(11-13)23-18(27)12-26-20(29)14-5-1-2-6-16(14)24-21(26)30/h1-2,5-8,11H,3-4,9-10,12H2,(H,23,27)(H,24,30). The molecule has 0 radical (unpaired) electrons. The van der Waals surface area contributed by atoms with Gasteiger partial charge in [0.1, 0.15) is 6.54 Å². The van der Waals surface area contributed by atoms with Crippen LogP contribution < -0.4 is 16.6 Å². The highest BCUT2D eigenvalue weighted by Gasteiger charge is 2.23. The summed E-state index contributed by atoms with van der Waals surface area (Å²) in [6.45, 7) is 0.830. The fourth-order valence-corrected chi connectivity index (χ4v) is 3.74. The van der Waals surface area contributed by atoms with Crippen molar-refractivity contribution in [1.82, 2.24) is 14.5 Å². The van der Waals surface area contributed by atoms with Gasteiger partial charge in [0.25, 0.3) is 11.5 Å². The first kappa shape index (κ1) is 19.9. The Morgan fingerprint density at radius 1 is 1.07 bits per heavy atom. The van der Waals surface area contributed by atoms with Gasteiger partial charge >= 0.3 is 5.69 Å². The summed E-state index contributed by atoms with van der Waals surface area (Å²) in [7, 11) is 0. The number of H-pyrrole nitrogens is 1. The van der Waals surface area contributed by atoms with Crippen LogP contribution in [-0.4, -0.2) is 39.4 Å². The van der Waals surface area contributed by atoms with Crippen LogP contribution in [0.5, 0.6) is 0 Å². The van der Waals surface area contributed by atoms with Crippen LogP contribution in [-0.2, 0) is 11.3 Å². The summed E-state index contributed by atoms with van der Waals surface area (Å²) in [6.07, 6.45) is 1.88. The van der Waals surface area contributed by atoms with Crippen molar-refractivity contribution in [3.63, 3.8) is 0 Å². The molecule has 1 aromatic heterocycles. The molecule has 4 rings (SSSR count). The van der Waals surface area contributed by atoms with E-state index in [2.05, 4.69) is 10.3 Å². The maximum atomic E-state index is 12.8. The summed E-state index contributed by atoms with van der Waals surface area (Å²) < 4.78 is 0.824. The number of hydrogen-bond acceptors (Lipinski definition) is 4. The SMILES string of the molecule is O=C(Cn1c(=O)[nH]c2ccccc2c1=O)Nc1cc(Cl)ccc1C(=O)N1CCCC1. The molecule has 0 atom stereocenters. The van der Waals surface area contributed by atoms with Gasteiger partial charge in [-0.1, -0.05) is 23.7 Å². The van der Waals surface area contributed by atoms with Crippen molar-refractivity contribution in [3.8, 4) is 0 Å². The van der Waals surface area contributed by atoms with Crippen molar-refractivity contribution in [3.05, 3.63) is 73.9 Å². The number of aromatic nitrogens is 2. The van der Waals surface area contributed by atoms with E-state index in [1.807, 2.05) is 0 Å². The Hall–Kier alpha value is -3.39. The number of hydrogen-bond donors (Lipinski definition) is 2. The number of anilines is 1. The highest BCUT2D eigenvalue weighted by molar-refractivity contribution is 6.31. The first-order chi connectivity index (χ1) is 14.4. The van der Waals surface area contributed by atoms with Crippen LogP contribution in [0.15, 0.2) is 52.1 Å². The third-order valence-electron chi connectivity index (χ3n) is 5.07. The molecule has 30 heavy (non-hydrogen) atoms. The molecule has 2 amide bonds. The maximum Gasteiger partial charge on any atom is 0.329 e. The van der Waals surface area contributed by atoms with Gasteiger partial charge in [0, 0.05) is 18.1 Å². The minimum absolute atomic E-state index is 0.194. The van der Waals surface area contributed by atoms with E-state index in [4.69, 9.17) is 11.6 Å². The van der Waals surface area contributed by atoms with E-state index in [1.165, 1.54) is 6.07 Å². The van der Waals surface area contributed by atoms with Crippen molar-refractivity contribution in [2.75, 3.05) is 18.4 Å².